The monoisotopic (exact) mass is 477 g/mol. The molecule has 1 atom stereocenters. The van der Waals surface area contributed by atoms with Crippen molar-refractivity contribution in [2.24, 2.45) is 4.99 Å². The van der Waals surface area contributed by atoms with Crippen LogP contribution in [0.5, 0.6) is 0 Å². The fourth-order valence-corrected chi connectivity index (χ4v) is 4.20. The van der Waals surface area contributed by atoms with Crippen LogP contribution in [-0.2, 0) is 0 Å². The van der Waals surface area contributed by atoms with Crippen molar-refractivity contribution < 1.29 is 18.7 Å². The molecule has 1 saturated heterocycles. The SMILES string of the molecule is C[C@@H]1N=C(c2c(F)cccc2F)c2c(ccc(Cl)c2Cl)-n2nc(C(=O)N3CC(O)C3)nc21. The van der Waals surface area contributed by atoms with Crippen LogP contribution in [-0.4, -0.2) is 55.6 Å². The van der Waals surface area contributed by atoms with E-state index in [1.54, 1.807) is 13.0 Å². The summed E-state index contributed by atoms with van der Waals surface area (Å²) in [6.45, 7) is 2.07. The number of halogens is 4. The van der Waals surface area contributed by atoms with Crippen LogP contribution >= 0.6 is 23.2 Å². The maximum Gasteiger partial charge on any atom is 0.293 e. The molecule has 0 bridgehead atoms. The number of benzene rings is 2. The highest BCUT2D eigenvalue weighted by molar-refractivity contribution is 6.45. The fourth-order valence-electron chi connectivity index (χ4n) is 3.80. The van der Waals surface area contributed by atoms with Crippen LogP contribution < -0.4 is 0 Å². The van der Waals surface area contributed by atoms with Crippen molar-refractivity contribution in [1.29, 1.82) is 0 Å². The van der Waals surface area contributed by atoms with E-state index < -0.39 is 29.7 Å². The first-order valence-electron chi connectivity index (χ1n) is 9.71. The topological polar surface area (TPSA) is 83.6 Å². The molecule has 32 heavy (non-hydrogen) atoms. The van der Waals surface area contributed by atoms with E-state index in [0.29, 0.717) is 11.5 Å². The highest BCUT2D eigenvalue weighted by Gasteiger charge is 2.35. The number of hydrogen-bond acceptors (Lipinski definition) is 5. The summed E-state index contributed by atoms with van der Waals surface area (Å²) in [4.78, 5) is 23.0. The molecule has 0 radical (unpaired) electrons. The molecule has 2 aliphatic rings. The molecule has 5 rings (SSSR count). The van der Waals surface area contributed by atoms with Gasteiger partial charge in [0.25, 0.3) is 5.91 Å². The van der Waals surface area contributed by atoms with Crippen LogP contribution in [0, 0.1) is 11.6 Å². The molecule has 1 fully saturated rings. The lowest BCUT2D eigenvalue weighted by molar-refractivity contribution is 0.00508. The zero-order chi connectivity index (χ0) is 22.7. The van der Waals surface area contributed by atoms with Gasteiger partial charge in [-0.25, -0.2) is 18.4 Å². The Morgan fingerprint density at radius 2 is 1.81 bits per heavy atom. The number of aliphatic hydroxyl groups excluding tert-OH is 1. The van der Waals surface area contributed by atoms with Gasteiger partial charge in [-0.05, 0) is 31.2 Å². The minimum absolute atomic E-state index is 0.0263. The Labute approximate surface area is 190 Å². The van der Waals surface area contributed by atoms with Gasteiger partial charge in [0.2, 0.25) is 5.82 Å². The summed E-state index contributed by atoms with van der Waals surface area (Å²) in [5, 5.41) is 14.0. The number of carbonyl (C=O) groups is 1. The average Bonchev–Trinajstić information content (AvgIpc) is 3.13. The van der Waals surface area contributed by atoms with Gasteiger partial charge in [0, 0.05) is 18.7 Å². The van der Waals surface area contributed by atoms with E-state index in [1.807, 2.05) is 0 Å². The number of β-amino-alcohol motifs (C(OH)–C–C–N with tert-alkyl or cyclic N) is 1. The number of rotatable bonds is 2. The maximum atomic E-state index is 14.7. The van der Waals surface area contributed by atoms with Gasteiger partial charge < -0.3 is 10.0 Å². The fraction of sp³-hybridized carbons (Fsp3) is 0.238. The second-order valence-corrected chi connectivity index (χ2v) is 8.36. The number of likely N-dealkylation sites (tertiary alicyclic amines) is 1. The third-order valence-electron chi connectivity index (χ3n) is 5.41. The minimum atomic E-state index is -0.808. The summed E-state index contributed by atoms with van der Waals surface area (Å²) in [6.07, 6.45) is -0.567. The van der Waals surface area contributed by atoms with E-state index in [1.165, 1.54) is 21.7 Å². The van der Waals surface area contributed by atoms with Gasteiger partial charge >= 0.3 is 0 Å². The molecule has 1 amide bonds. The average molecular weight is 478 g/mol. The molecular weight excluding hydrogens is 463 g/mol. The first-order chi connectivity index (χ1) is 15.3. The number of hydrogen-bond donors (Lipinski definition) is 1. The lowest BCUT2D eigenvalue weighted by Crippen LogP contribution is -2.53. The molecule has 2 aromatic carbocycles. The Bertz CT molecular complexity index is 1280. The van der Waals surface area contributed by atoms with Crippen LogP contribution in [0.4, 0.5) is 8.78 Å². The van der Waals surface area contributed by atoms with E-state index in [2.05, 4.69) is 15.1 Å². The van der Waals surface area contributed by atoms with Crippen LogP contribution in [0.25, 0.3) is 5.69 Å². The molecule has 7 nitrogen and oxygen atoms in total. The van der Waals surface area contributed by atoms with Crippen LogP contribution in [0.2, 0.25) is 10.0 Å². The van der Waals surface area contributed by atoms with E-state index >= 15 is 0 Å². The van der Waals surface area contributed by atoms with Gasteiger partial charge in [0.15, 0.2) is 5.82 Å². The molecule has 0 saturated carbocycles. The maximum absolute atomic E-state index is 14.7. The predicted octanol–water partition coefficient (Wildman–Crippen LogP) is 3.58. The summed E-state index contributed by atoms with van der Waals surface area (Å²) in [5.41, 5.74) is 0.135. The van der Waals surface area contributed by atoms with E-state index in [4.69, 9.17) is 23.2 Å². The van der Waals surface area contributed by atoms with Gasteiger partial charge in [-0.3, -0.25) is 9.79 Å². The van der Waals surface area contributed by atoms with Crippen molar-refractivity contribution in [3.05, 3.63) is 74.8 Å². The normalized spacial score (nSPS) is 17.9. The van der Waals surface area contributed by atoms with Gasteiger partial charge in [0.05, 0.1) is 33.1 Å². The lowest BCUT2D eigenvalue weighted by Gasteiger charge is -2.34. The minimum Gasteiger partial charge on any atom is -0.389 e. The summed E-state index contributed by atoms with van der Waals surface area (Å²) in [6, 6.07) is 5.89. The Balaban J connectivity index is 1.73. The Morgan fingerprint density at radius 1 is 1.12 bits per heavy atom. The molecule has 3 heterocycles. The molecule has 164 valence electrons. The highest BCUT2D eigenvalue weighted by atomic mass is 35.5. The molecule has 0 unspecified atom stereocenters. The molecule has 2 aliphatic heterocycles. The van der Waals surface area contributed by atoms with E-state index in [9.17, 15) is 18.7 Å². The third kappa shape index (κ3) is 3.19. The number of carbonyl (C=O) groups excluding carboxylic acids is 1. The number of nitrogens with zero attached hydrogens (tertiary/aromatic N) is 5. The predicted molar refractivity (Wildman–Crippen MR) is 114 cm³/mol. The molecule has 0 spiro atoms. The summed E-state index contributed by atoms with van der Waals surface area (Å²) in [7, 11) is 0. The van der Waals surface area contributed by atoms with E-state index in [0.717, 1.165) is 12.1 Å². The molecule has 3 aromatic rings. The Kier molecular flexibility index (Phi) is 4.99. The number of aliphatic imine (C=N–C) groups is 1. The third-order valence-corrected chi connectivity index (χ3v) is 6.21. The van der Waals surface area contributed by atoms with Crippen molar-refractivity contribution in [1.82, 2.24) is 19.7 Å². The number of amides is 1. The molecule has 1 aromatic heterocycles. The molecule has 1 N–H and O–H groups in total. The molecule has 11 heteroatoms. The molecule has 0 aliphatic carbocycles. The summed E-state index contributed by atoms with van der Waals surface area (Å²) >= 11 is 12.7. The Morgan fingerprint density at radius 3 is 2.47 bits per heavy atom. The smallest absolute Gasteiger partial charge is 0.293 e. The van der Waals surface area contributed by atoms with Crippen molar-refractivity contribution in [2.45, 2.75) is 19.1 Å². The second-order valence-electron chi connectivity index (χ2n) is 7.58. The first kappa shape index (κ1) is 21.0. The summed E-state index contributed by atoms with van der Waals surface area (Å²) < 4.78 is 30.8. The lowest BCUT2D eigenvalue weighted by atomic mass is 9.99. The molecular formula is C21H15Cl2F2N5O2. The number of aliphatic hydroxyl groups is 1. The first-order valence-corrected chi connectivity index (χ1v) is 10.5. The zero-order valence-corrected chi connectivity index (χ0v) is 18.1. The highest BCUT2D eigenvalue weighted by Crippen LogP contribution is 2.38. The number of aromatic nitrogens is 3. The summed E-state index contributed by atoms with van der Waals surface area (Å²) in [5.74, 6) is -1.84. The standard InChI is InChI=1S/C21H15Cl2F2N5O2/c1-9-20-27-19(21(32)29-7-10(31)8-29)28-30(20)14-6-5-11(22)17(23)16(14)18(26-9)15-12(24)3-2-4-13(15)25/h2-6,9-10,31H,7-8H2,1H3/t9-/m0/s1. The van der Waals surface area contributed by atoms with Crippen LogP contribution in [0.1, 0.15) is 40.5 Å². The van der Waals surface area contributed by atoms with Crippen molar-refractivity contribution in [3.8, 4) is 5.69 Å². The van der Waals surface area contributed by atoms with Gasteiger partial charge in [-0.15, -0.1) is 5.10 Å². The van der Waals surface area contributed by atoms with Crippen molar-refractivity contribution in [2.75, 3.05) is 13.1 Å². The van der Waals surface area contributed by atoms with Crippen molar-refractivity contribution in [3.63, 3.8) is 0 Å². The van der Waals surface area contributed by atoms with Gasteiger partial charge in [-0.2, -0.15) is 0 Å². The second kappa shape index (κ2) is 7.61. The quantitative estimate of drug-likeness (QED) is 0.611. The van der Waals surface area contributed by atoms with Crippen LogP contribution in [0.15, 0.2) is 35.3 Å². The zero-order valence-electron chi connectivity index (χ0n) is 16.6. The van der Waals surface area contributed by atoms with Crippen molar-refractivity contribution >= 4 is 34.8 Å². The number of fused-ring (bicyclic) bond motifs is 3. The van der Waals surface area contributed by atoms with E-state index in [-0.39, 0.29) is 45.8 Å². The van der Waals surface area contributed by atoms with Crippen LogP contribution in [0.3, 0.4) is 0 Å². The largest absolute Gasteiger partial charge is 0.389 e. The van der Waals surface area contributed by atoms with Gasteiger partial charge in [0.1, 0.15) is 17.7 Å². The Hall–Kier alpha value is -2.88. The van der Waals surface area contributed by atoms with Gasteiger partial charge in [-0.1, -0.05) is 29.3 Å².